The maximum Gasteiger partial charge on any atom is 0.453 e. The molecular weight excluding hydrogens is 383 g/mol. The largest absolute Gasteiger partial charge is 0.467 e. The Balaban J connectivity index is 1.71. The van der Waals surface area contributed by atoms with Gasteiger partial charge in [-0.1, -0.05) is 17.8 Å². The van der Waals surface area contributed by atoms with Gasteiger partial charge in [-0.05, 0) is 37.8 Å². The quantitative estimate of drug-likeness (QED) is 0.591. The molecule has 0 bridgehead atoms. The molecule has 146 valence electrons. The number of hydrogen-bond acceptors (Lipinski definition) is 6. The first kappa shape index (κ1) is 19.3. The Kier molecular flexibility index (Phi) is 5.78. The molecule has 0 fully saturated rings. The van der Waals surface area contributed by atoms with Crippen molar-refractivity contribution < 1.29 is 22.4 Å². The Morgan fingerprint density at radius 3 is 2.78 bits per heavy atom. The van der Waals surface area contributed by atoms with Gasteiger partial charge in [0.2, 0.25) is 11.1 Å². The Bertz CT molecular complexity index is 817. The monoisotopic (exact) mass is 401 g/mol. The van der Waals surface area contributed by atoms with E-state index in [2.05, 4.69) is 10.2 Å². The van der Waals surface area contributed by atoms with E-state index in [1.54, 1.807) is 17.0 Å². The van der Waals surface area contributed by atoms with Crippen molar-refractivity contribution in [1.29, 1.82) is 0 Å². The molecule has 2 aromatic heterocycles. The van der Waals surface area contributed by atoms with Crippen molar-refractivity contribution in [2.24, 2.45) is 0 Å². The van der Waals surface area contributed by atoms with E-state index in [1.165, 1.54) is 6.26 Å². The second-order valence-electron chi connectivity index (χ2n) is 5.96. The van der Waals surface area contributed by atoms with Gasteiger partial charge in [0, 0.05) is 5.70 Å². The number of nitrogens with zero attached hydrogens (tertiary/aromatic N) is 4. The third-order valence-electron chi connectivity index (χ3n) is 4.05. The van der Waals surface area contributed by atoms with E-state index in [-0.39, 0.29) is 23.4 Å². The number of aromatic nitrogens is 3. The van der Waals surface area contributed by atoms with E-state index in [9.17, 15) is 18.0 Å². The maximum absolute atomic E-state index is 12.8. The zero-order valence-electron chi connectivity index (χ0n) is 14.3. The van der Waals surface area contributed by atoms with Gasteiger partial charge in [0.05, 0.1) is 18.6 Å². The molecule has 1 aliphatic rings. The molecule has 0 unspecified atom stereocenters. The van der Waals surface area contributed by atoms with Crippen molar-refractivity contribution in [2.75, 3.05) is 11.6 Å². The number of furan rings is 1. The highest BCUT2D eigenvalue weighted by Gasteiger charge is 2.38. The van der Waals surface area contributed by atoms with Crippen molar-refractivity contribution >= 4 is 17.7 Å². The highest BCUT2D eigenvalue weighted by molar-refractivity contribution is 7.99. The number of thioether (sulfide) groups is 1. The molecule has 0 spiro atoms. The molecule has 2 aromatic rings. The fraction of sp³-hybridized carbons (Fsp3) is 0.438. The summed E-state index contributed by atoms with van der Waals surface area (Å²) >= 11 is 0.812. The zero-order valence-corrected chi connectivity index (χ0v) is 15.1. The minimum absolute atomic E-state index is 0.120. The van der Waals surface area contributed by atoms with Crippen LogP contribution in [0.25, 0.3) is 0 Å². The number of alkyl halides is 3. The molecule has 2 N–H and O–H groups in total. The van der Waals surface area contributed by atoms with Crippen molar-refractivity contribution in [3.8, 4) is 0 Å². The summed E-state index contributed by atoms with van der Waals surface area (Å²) in [7, 11) is 0. The van der Waals surface area contributed by atoms with Crippen LogP contribution in [0.5, 0.6) is 0 Å². The standard InChI is InChI=1S/C16H18F3N5O2S/c17-16(18,19)14-21-22-15(24(14)20)27-10-13(25)23(9-12-7-4-8-26-12)11-5-2-1-3-6-11/h4-5,7-8H,1-3,6,9-10,20H2. The van der Waals surface area contributed by atoms with Crippen LogP contribution in [0.15, 0.2) is 39.7 Å². The van der Waals surface area contributed by atoms with Crippen molar-refractivity contribution in [3.05, 3.63) is 41.8 Å². The van der Waals surface area contributed by atoms with Gasteiger partial charge >= 0.3 is 6.18 Å². The molecule has 7 nitrogen and oxygen atoms in total. The first-order chi connectivity index (χ1) is 12.9. The molecule has 1 amide bonds. The number of halogens is 3. The molecule has 27 heavy (non-hydrogen) atoms. The van der Waals surface area contributed by atoms with Crippen LogP contribution in [0.1, 0.15) is 37.3 Å². The number of hydrogen-bond donors (Lipinski definition) is 1. The predicted molar refractivity (Wildman–Crippen MR) is 91.7 cm³/mol. The molecule has 0 atom stereocenters. The van der Waals surface area contributed by atoms with E-state index in [0.29, 0.717) is 10.4 Å². The lowest BCUT2D eigenvalue weighted by atomic mass is 10.0. The predicted octanol–water partition coefficient (Wildman–Crippen LogP) is 3.18. The Hall–Kier alpha value is -2.43. The number of rotatable bonds is 6. The van der Waals surface area contributed by atoms with E-state index in [0.717, 1.165) is 43.1 Å². The maximum atomic E-state index is 12.8. The van der Waals surface area contributed by atoms with Gasteiger partial charge in [0.1, 0.15) is 5.76 Å². The summed E-state index contributed by atoms with van der Waals surface area (Å²) in [6, 6.07) is 3.50. The minimum Gasteiger partial charge on any atom is -0.467 e. The Morgan fingerprint density at radius 1 is 1.37 bits per heavy atom. The normalized spacial score (nSPS) is 14.9. The highest BCUT2D eigenvalue weighted by Crippen LogP contribution is 2.29. The van der Waals surface area contributed by atoms with Crippen LogP contribution in [-0.4, -0.2) is 31.4 Å². The number of carbonyl (C=O) groups is 1. The van der Waals surface area contributed by atoms with Gasteiger partial charge in [-0.25, -0.2) is 4.68 Å². The van der Waals surface area contributed by atoms with E-state index < -0.39 is 12.0 Å². The number of carbonyl (C=O) groups excluding carboxylic acids is 1. The van der Waals surface area contributed by atoms with Crippen LogP contribution in [0, 0.1) is 0 Å². The fourth-order valence-electron chi connectivity index (χ4n) is 2.75. The first-order valence-electron chi connectivity index (χ1n) is 8.28. The third kappa shape index (κ3) is 4.65. The topological polar surface area (TPSA) is 90.2 Å². The summed E-state index contributed by atoms with van der Waals surface area (Å²) in [5, 5.41) is 6.31. The minimum atomic E-state index is -4.71. The number of nitrogen functional groups attached to an aromatic ring is 1. The summed E-state index contributed by atoms with van der Waals surface area (Å²) < 4.78 is 43.9. The Labute approximate surface area is 157 Å². The molecule has 3 rings (SSSR count). The lowest BCUT2D eigenvalue weighted by Crippen LogP contribution is -2.32. The van der Waals surface area contributed by atoms with Crippen LogP contribution in [0.4, 0.5) is 13.2 Å². The van der Waals surface area contributed by atoms with Gasteiger partial charge in [0.25, 0.3) is 5.82 Å². The summed E-state index contributed by atoms with van der Waals surface area (Å²) in [5.74, 6) is 4.34. The molecule has 0 saturated heterocycles. The lowest BCUT2D eigenvalue weighted by Gasteiger charge is -2.27. The third-order valence-corrected chi connectivity index (χ3v) is 4.98. The van der Waals surface area contributed by atoms with Gasteiger partial charge < -0.3 is 15.2 Å². The van der Waals surface area contributed by atoms with Crippen LogP contribution >= 0.6 is 11.8 Å². The fourth-order valence-corrected chi connectivity index (χ4v) is 3.48. The molecule has 0 saturated carbocycles. The number of allylic oxidation sites excluding steroid dienone is 2. The molecule has 0 aromatic carbocycles. The van der Waals surface area contributed by atoms with Crippen molar-refractivity contribution in [3.63, 3.8) is 0 Å². The molecule has 0 radical (unpaired) electrons. The molecule has 2 heterocycles. The van der Waals surface area contributed by atoms with Crippen LogP contribution in [-0.2, 0) is 17.5 Å². The summed E-state index contributed by atoms with van der Waals surface area (Å²) in [5.41, 5.74) is 0.897. The van der Waals surface area contributed by atoms with Crippen LogP contribution < -0.4 is 5.84 Å². The van der Waals surface area contributed by atoms with Gasteiger partial charge in [0.15, 0.2) is 0 Å². The molecule has 0 aliphatic heterocycles. The Morgan fingerprint density at radius 2 is 2.19 bits per heavy atom. The van der Waals surface area contributed by atoms with Gasteiger partial charge in [-0.3, -0.25) is 4.79 Å². The average Bonchev–Trinajstić information content (AvgIpc) is 3.27. The average molecular weight is 401 g/mol. The second-order valence-corrected chi connectivity index (χ2v) is 6.91. The zero-order chi connectivity index (χ0) is 19.4. The van der Waals surface area contributed by atoms with Crippen LogP contribution in [0.2, 0.25) is 0 Å². The number of nitrogens with two attached hydrogens (primary N) is 1. The number of amides is 1. The molecule has 1 aliphatic carbocycles. The van der Waals surface area contributed by atoms with Crippen molar-refractivity contribution in [1.82, 2.24) is 19.8 Å². The van der Waals surface area contributed by atoms with E-state index in [4.69, 9.17) is 10.3 Å². The summed E-state index contributed by atoms with van der Waals surface area (Å²) in [6.07, 6.45) is 2.53. The highest BCUT2D eigenvalue weighted by atomic mass is 32.2. The van der Waals surface area contributed by atoms with E-state index in [1.807, 2.05) is 6.08 Å². The molecule has 11 heteroatoms. The van der Waals surface area contributed by atoms with E-state index >= 15 is 0 Å². The van der Waals surface area contributed by atoms with Gasteiger partial charge in [-0.2, -0.15) is 13.2 Å². The molecular formula is C16H18F3N5O2S. The lowest BCUT2D eigenvalue weighted by molar-refractivity contribution is -0.146. The second kappa shape index (κ2) is 8.07. The van der Waals surface area contributed by atoms with Crippen molar-refractivity contribution in [2.45, 2.75) is 43.6 Å². The van der Waals surface area contributed by atoms with Crippen LogP contribution in [0.3, 0.4) is 0 Å². The summed E-state index contributed by atoms with van der Waals surface area (Å²) in [4.78, 5) is 14.4. The first-order valence-corrected chi connectivity index (χ1v) is 9.27. The SMILES string of the molecule is Nn1c(SCC(=O)N(Cc2ccco2)C2=CCCCC2)nnc1C(F)(F)F. The smallest absolute Gasteiger partial charge is 0.453 e. The summed E-state index contributed by atoms with van der Waals surface area (Å²) in [6.45, 7) is 0.265. The van der Waals surface area contributed by atoms with Gasteiger partial charge in [-0.15, -0.1) is 10.2 Å².